The van der Waals surface area contributed by atoms with Crippen molar-refractivity contribution in [2.24, 2.45) is 0 Å². The Morgan fingerprint density at radius 2 is 1.59 bits per heavy atom. The van der Waals surface area contributed by atoms with Crippen LogP contribution in [0.1, 0.15) is 27.2 Å². The lowest BCUT2D eigenvalue weighted by molar-refractivity contribution is -0.114. The smallest absolute Gasteiger partial charge is 0.221 e. The van der Waals surface area contributed by atoms with Crippen molar-refractivity contribution in [3.05, 3.63) is 47.5 Å². The Morgan fingerprint density at radius 3 is 2.10 bits per heavy atom. The summed E-state index contributed by atoms with van der Waals surface area (Å²) in [6, 6.07) is 13.1. The molecule has 0 aliphatic rings. The molecular weight excluding hydrogens is 406 g/mol. The van der Waals surface area contributed by atoms with Crippen molar-refractivity contribution >= 4 is 63.3 Å². The molecule has 0 aromatic heterocycles. The molecule has 8 heteroatoms. The highest BCUT2D eigenvalue weighted by molar-refractivity contribution is 7.80. The molecule has 154 valence electrons. The summed E-state index contributed by atoms with van der Waals surface area (Å²) >= 11 is 11.8. The largest absolute Gasteiger partial charge is 0.370 e. The first kappa shape index (κ1) is 22.6. The maximum atomic E-state index is 11.1. The molecule has 0 aliphatic carbocycles. The lowest BCUT2D eigenvalue weighted by Gasteiger charge is -2.28. The van der Waals surface area contributed by atoms with Gasteiger partial charge >= 0.3 is 0 Å². The van der Waals surface area contributed by atoms with Crippen molar-refractivity contribution in [2.45, 2.75) is 33.2 Å². The van der Waals surface area contributed by atoms with Gasteiger partial charge in [-0.05, 0) is 68.5 Å². The number of benzene rings is 2. The maximum Gasteiger partial charge on any atom is 0.221 e. The molecule has 0 radical (unpaired) electrons. The van der Waals surface area contributed by atoms with Crippen LogP contribution < -0.4 is 20.9 Å². The molecule has 2 aromatic rings. The predicted octanol–water partition coefficient (Wildman–Crippen LogP) is 5.36. The fraction of sp³-hybridized carbons (Fsp3) is 0.286. The summed E-state index contributed by atoms with van der Waals surface area (Å²) in [6.45, 7) is 5.34. The number of anilines is 4. The van der Waals surface area contributed by atoms with Gasteiger partial charge in [-0.15, -0.1) is 0 Å². The van der Waals surface area contributed by atoms with E-state index in [9.17, 15) is 4.79 Å². The first-order valence-electron chi connectivity index (χ1n) is 9.17. The first-order valence-corrected chi connectivity index (χ1v) is 9.96. The van der Waals surface area contributed by atoms with Crippen LogP contribution in [0.4, 0.5) is 22.7 Å². The molecule has 1 amide bonds. The Balaban J connectivity index is 1.99. The summed E-state index contributed by atoms with van der Waals surface area (Å²) in [7, 11) is 1.97. The van der Waals surface area contributed by atoms with Gasteiger partial charge in [-0.1, -0.05) is 11.6 Å². The minimum Gasteiger partial charge on any atom is -0.370 e. The molecule has 2 aromatic carbocycles. The maximum absolute atomic E-state index is 11.1. The highest BCUT2D eigenvalue weighted by atomic mass is 35.5. The Labute approximate surface area is 182 Å². The van der Waals surface area contributed by atoms with Crippen LogP contribution in [0.15, 0.2) is 42.5 Å². The number of nitrogens with zero attached hydrogens (tertiary/aromatic N) is 1. The van der Waals surface area contributed by atoms with E-state index in [1.54, 1.807) is 19.1 Å². The number of hydrogen-bond acceptors (Lipinski definition) is 4. The molecule has 0 saturated heterocycles. The molecule has 0 heterocycles. The third-order valence-electron chi connectivity index (χ3n) is 4.31. The summed E-state index contributed by atoms with van der Waals surface area (Å²) in [5.41, 5.74) is 3.84. The van der Waals surface area contributed by atoms with Gasteiger partial charge in [0.2, 0.25) is 5.91 Å². The molecule has 0 spiro atoms. The van der Waals surface area contributed by atoms with E-state index in [4.69, 9.17) is 29.2 Å². The van der Waals surface area contributed by atoms with Crippen LogP contribution in [-0.4, -0.2) is 29.8 Å². The Morgan fingerprint density at radius 1 is 1.07 bits per heavy atom. The van der Waals surface area contributed by atoms with Crippen molar-refractivity contribution in [2.75, 3.05) is 27.9 Å². The van der Waals surface area contributed by atoms with Crippen LogP contribution in [0.2, 0.25) is 5.02 Å². The number of carbonyl (C=O) groups is 1. The Hall–Kier alpha value is -2.64. The van der Waals surface area contributed by atoms with E-state index >= 15 is 0 Å². The molecule has 2 rings (SSSR count). The zero-order valence-electron chi connectivity index (χ0n) is 17.0. The number of thiocarbonyl (C=S) groups is 1. The van der Waals surface area contributed by atoms with Gasteiger partial charge in [0.25, 0.3) is 0 Å². The fourth-order valence-electron chi connectivity index (χ4n) is 2.82. The molecule has 1 atom stereocenters. The topological polar surface area (TPSA) is 80.2 Å². The standard InChI is InChI=1S/C21H26ClN5OS/c1-13(23)11-14(2)27(4)20-10-9-18(12-19(20)22)26-21(29)25-17-7-5-16(6-8-17)24-15(3)28/h5-10,12,14,23H,11H2,1-4H3,(H,24,28)(H2,25,26,29). The second kappa shape index (κ2) is 10.2. The minimum absolute atomic E-state index is 0.115. The van der Waals surface area contributed by atoms with Crippen molar-refractivity contribution in [3.63, 3.8) is 0 Å². The van der Waals surface area contributed by atoms with Gasteiger partial charge in [-0.25, -0.2) is 0 Å². The summed E-state index contributed by atoms with van der Waals surface area (Å²) in [4.78, 5) is 13.1. The molecular formula is C21H26ClN5OS. The van der Waals surface area contributed by atoms with Crippen molar-refractivity contribution in [1.82, 2.24) is 0 Å². The molecule has 29 heavy (non-hydrogen) atoms. The normalized spacial score (nSPS) is 11.3. The quantitative estimate of drug-likeness (QED) is 0.350. The number of hydrogen-bond donors (Lipinski definition) is 4. The van der Waals surface area contributed by atoms with Crippen LogP contribution >= 0.6 is 23.8 Å². The highest BCUT2D eigenvalue weighted by Gasteiger charge is 2.14. The monoisotopic (exact) mass is 431 g/mol. The third-order valence-corrected chi connectivity index (χ3v) is 4.82. The SMILES string of the molecule is CC(=N)CC(C)N(C)c1ccc(NC(=S)Nc2ccc(NC(C)=O)cc2)cc1Cl. The van der Waals surface area contributed by atoms with E-state index in [1.165, 1.54) is 6.92 Å². The zero-order chi connectivity index (χ0) is 21.6. The highest BCUT2D eigenvalue weighted by Crippen LogP contribution is 2.30. The Kier molecular flexibility index (Phi) is 7.99. The lowest BCUT2D eigenvalue weighted by atomic mass is 10.1. The van der Waals surface area contributed by atoms with Crippen molar-refractivity contribution in [1.29, 1.82) is 5.41 Å². The van der Waals surface area contributed by atoms with Gasteiger partial charge in [0.15, 0.2) is 5.11 Å². The van der Waals surface area contributed by atoms with Gasteiger partial charge < -0.3 is 26.3 Å². The molecule has 0 saturated carbocycles. The van der Waals surface area contributed by atoms with Crippen molar-refractivity contribution < 1.29 is 4.79 Å². The van der Waals surface area contributed by atoms with Gasteiger partial charge in [0, 0.05) is 49.2 Å². The molecule has 0 bridgehead atoms. The molecule has 4 N–H and O–H groups in total. The molecule has 0 aliphatic heterocycles. The minimum atomic E-state index is -0.115. The molecule has 6 nitrogen and oxygen atoms in total. The molecule has 0 fully saturated rings. The van der Waals surface area contributed by atoms with Crippen LogP contribution in [-0.2, 0) is 4.79 Å². The summed E-state index contributed by atoms with van der Waals surface area (Å²) in [5, 5.41) is 17.6. The first-order chi connectivity index (χ1) is 13.7. The average molecular weight is 432 g/mol. The number of halogens is 1. The third kappa shape index (κ3) is 7.03. The number of amides is 1. The van der Waals surface area contributed by atoms with E-state index in [1.807, 2.05) is 37.4 Å². The predicted molar refractivity (Wildman–Crippen MR) is 128 cm³/mol. The van der Waals surface area contributed by atoms with Gasteiger partial charge in [-0.2, -0.15) is 0 Å². The van der Waals surface area contributed by atoms with Crippen LogP contribution in [0.5, 0.6) is 0 Å². The second-order valence-corrected chi connectivity index (χ2v) is 7.76. The van der Waals surface area contributed by atoms with E-state index in [0.29, 0.717) is 22.3 Å². The number of carbonyl (C=O) groups excluding carboxylic acids is 1. The average Bonchev–Trinajstić information content (AvgIpc) is 2.62. The van der Waals surface area contributed by atoms with E-state index in [-0.39, 0.29) is 11.9 Å². The van der Waals surface area contributed by atoms with Crippen molar-refractivity contribution in [3.8, 4) is 0 Å². The Bertz CT molecular complexity index is 900. The summed E-state index contributed by atoms with van der Waals surface area (Å²) < 4.78 is 0. The number of rotatable bonds is 7. The van der Waals surface area contributed by atoms with E-state index in [0.717, 1.165) is 22.7 Å². The van der Waals surface area contributed by atoms with Gasteiger partial charge in [0.1, 0.15) is 0 Å². The fourth-order valence-corrected chi connectivity index (χ4v) is 3.37. The van der Waals surface area contributed by atoms with Crippen LogP contribution in [0.3, 0.4) is 0 Å². The molecule has 1 unspecified atom stereocenters. The van der Waals surface area contributed by atoms with Crippen LogP contribution in [0, 0.1) is 5.41 Å². The second-order valence-electron chi connectivity index (χ2n) is 6.95. The number of nitrogens with one attached hydrogen (secondary N) is 4. The summed E-state index contributed by atoms with van der Waals surface area (Å²) in [6.07, 6.45) is 0.682. The summed E-state index contributed by atoms with van der Waals surface area (Å²) in [5.74, 6) is -0.115. The van der Waals surface area contributed by atoms with Gasteiger partial charge in [-0.3, -0.25) is 4.79 Å². The lowest BCUT2D eigenvalue weighted by Crippen LogP contribution is -2.30. The van der Waals surface area contributed by atoms with Crippen LogP contribution in [0.25, 0.3) is 0 Å². The van der Waals surface area contributed by atoms with E-state index < -0.39 is 0 Å². The van der Waals surface area contributed by atoms with Gasteiger partial charge in [0.05, 0.1) is 10.7 Å². The zero-order valence-corrected chi connectivity index (χ0v) is 18.5. The van der Waals surface area contributed by atoms with E-state index in [2.05, 4.69) is 27.8 Å².